The highest BCUT2D eigenvalue weighted by Gasteiger charge is 2.70. The second kappa shape index (κ2) is 4.84. The third-order valence-corrected chi connectivity index (χ3v) is 6.38. The Labute approximate surface area is 133 Å². The second-order valence-electron chi connectivity index (χ2n) is 6.24. The van der Waals surface area contributed by atoms with Gasteiger partial charge in [-0.05, 0) is 26.3 Å². The van der Waals surface area contributed by atoms with Crippen molar-refractivity contribution in [2.75, 3.05) is 0 Å². The molecule has 1 aromatic carbocycles. The van der Waals surface area contributed by atoms with Gasteiger partial charge in [-0.25, -0.2) is 4.79 Å². The lowest BCUT2D eigenvalue weighted by Gasteiger charge is -2.46. The van der Waals surface area contributed by atoms with E-state index in [4.69, 9.17) is 0 Å². The van der Waals surface area contributed by atoms with Crippen molar-refractivity contribution >= 4 is 29.9 Å². The third-order valence-electron chi connectivity index (χ3n) is 4.68. The molecule has 2 saturated heterocycles. The van der Waals surface area contributed by atoms with E-state index in [1.54, 1.807) is 13.1 Å². The Hall–Kier alpha value is -1.82. The molecule has 1 N–H and O–H groups in total. The molecule has 0 aliphatic carbocycles. The molecule has 2 fully saturated rings. The molecular formula is C16H18N2O3S. The second-order valence-corrected chi connectivity index (χ2v) is 7.98. The summed E-state index contributed by atoms with van der Waals surface area (Å²) in [6, 6.07) is 9.07. The molecule has 1 unspecified atom stereocenters. The largest absolute Gasteiger partial charge is 0.479 e. The van der Waals surface area contributed by atoms with Crippen molar-refractivity contribution in [3.63, 3.8) is 0 Å². The molecule has 22 heavy (non-hydrogen) atoms. The Morgan fingerprint density at radius 2 is 1.95 bits per heavy atom. The van der Waals surface area contributed by atoms with Gasteiger partial charge in [0, 0.05) is 11.0 Å². The fourth-order valence-electron chi connectivity index (χ4n) is 2.95. The Kier molecular flexibility index (Phi) is 3.32. The van der Waals surface area contributed by atoms with Crippen LogP contribution in [0.1, 0.15) is 26.3 Å². The first-order valence-electron chi connectivity index (χ1n) is 7.11. The summed E-state index contributed by atoms with van der Waals surface area (Å²) in [4.78, 5) is 30.0. The smallest absolute Gasteiger partial charge is 0.330 e. The van der Waals surface area contributed by atoms with Crippen LogP contribution in [0.25, 0.3) is 0 Å². The van der Waals surface area contributed by atoms with Gasteiger partial charge in [-0.3, -0.25) is 9.79 Å². The molecule has 116 valence electrons. The number of β-lactam (4-membered cyclic amide) rings is 1. The predicted octanol–water partition coefficient (Wildman–Crippen LogP) is 2.01. The van der Waals surface area contributed by atoms with Gasteiger partial charge in [0.15, 0.2) is 11.6 Å². The summed E-state index contributed by atoms with van der Waals surface area (Å²) in [6.45, 7) is 5.36. The maximum absolute atomic E-state index is 12.4. The van der Waals surface area contributed by atoms with Crippen molar-refractivity contribution in [1.29, 1.82) is 0 Å². The molecule has 5 nitrogen and oxygen atoms in total. The van der Waals surface area contributed by atoms with Crippen LogP contribution in [-0.2, 0) is 9.59 Å². The summed E-state index contributed by atoms with van der Waals surface area (Å²) in [5.41, 5.74) is -0.268. The zero-order valence-electron chi connectivity index (χ0n) is 12.7. The van der Waals surface area contributed by atoms with E-state index in [0.29, 0.717) is 0 Å². The Bertz CT molecular complexity index is 659. The summed E-state index contributed by atoms with van der Waals surface area (Å²) in [5.74, 6) is -1.17. The van der Waals surface area contributed by atoms with Crippen molar-refractivity contribution in [3.8, 4) is 0 Å². The third kappa shape index (κ3) is 1.90. The SMILES string of the molecule is CC1(C)S[C@H]2C(N=Cc3ccccc3)C(=O)N2[C@@]1(C)C(=O)O. The monoisotopic (exact) mass is 318 g/mol. The number of carboxylic acid groups (broad SMARTS) is 1. The first-order chi connectivity index (χ1) is 10.3. The molecule has 0 bridgehead atoms. The van der Waals surface area contributed by atoms with Gasteiger partial charge < -0.3 is 10.0 Å². The zero-order valence-corrected chi connectivity index (χ0v) is 13.5. The highest BCUT2D eigenvalue weighted by Crippen LogP contribution is 2.57. The van der Waals surface area contributed by atoms with Crippen LogP contribution < -0.4 is 0 Å². The number of aliphatic carboxylic acids is 1. The van der Waals surface area contributed by atoms with Crippen LogP contribution >= 0.6 is 11.8 Å². The molecule has 0 radical (unpaired) electrons. The van der Waals surface area contributed by atoms with E-state index in [9.17, 15) is 14.7 Å². The number of fused-ring (bicyclic) bond motifs is 1. The fraction of sp³-hybridized carbons (Fsp3) is 0.438. The number of aliphatic imine (C=N–C) groups is 1. The number of carbonyl (C=O) groups is 2. The molecule has 1 amide bonds. The number of nitrogens with zero attached hydrogens (tertiary/aromatic N) is 2. The quantitative estimate of drug-likeness (QED) is 0.684. The van der Waals surface area contributed by atoms with Gasteiger partial charge in [-0.15, -0.1) is 11.8 Å². The molecule has 0 spiro atoms. The fourth-order valence-corrected chi connectivity index (χ4v) is 4.71. The lowest BCUT2D eigenvalue weighted by molar-refractivity contribution is -0.168. The van der Waals surface area contributed by atoms with Crippen molar-refractivity contribution in [2.24, 2.45) is 4.99 Å². The first-order valence-corrected chi connectivity index (χ1v) is 7.99. The van der Waals surface area contributed by atoms with Gasteiger partial charge in [0.05, 0.1) is 0 Å². The molecule has 3 rings (SSSR count). The van der Waals surface area contributed by atoms with E-state index in [1.165, 1.54) is 16.7 Å². The van der Waals surface area contributed by atoms with Crippen LogP contribution in [0.4, 0.5) is 0 Å². The lowest BCUT2D eigenvalue weighted by atomic mass is 9.83. The van der Waals surface area contributed by atoms with Gasteiger partial charge in [0.1, 0.15) is 5.37 Å². The number of rotatable bonds is 3. The molecular weight excluding hydrogens is 300 g/mol. The Morgan fingerprint density at radius 1 is 1.32 bits per heavy atom. The maximum atomic E-state index is 12.4. The number of hydrogen-bond donors (Lipinski definition) is 1. The average Bonchev–Trinajstić information content (AvgIpc) is 2.66. The predicted molar refractivity (Wildman–Crippen MR) is 86.2 cm³/mol. The minimum Gasteiger partial charge on any atom is -0.479 e. The van der Waals surface area contributed by atoms with Crippen LogP contribution in [0, 0.1) is 0 Å². The van der Waals surface area contributed by atoms with Crippen LogP contribution in [0.5, 0.6) is 0 Å². The summed E-state index contributed by atoms with van der Waals surface area (Å²) in [6.07, 6.45) is 1.68. The van der Waals surface area contributed by atoms with Crippen LogP contribution in [0.15, 0.2) is 35.3 Å². The number of thioether (sulfide) groups is 1. The maximum Gasteiger partial charge on any atom is 0.330 e. The topological polar surface area (TPSA) is 70.0 Å². The van der Waals surface area contributed by atoms with E-state index in [-0.39, 0.29) is 11.3 Å². The number of amides is 1. The van der Waals surface area contributed by atoms with E-state index < -0.39 is 22.3 Å². The lowest BCUT2D eigenvalue weighted by Crippen LogP contribution is -2.70. The molecule has 0 aromatic heterocycles. The molecule has 2 aliphatic rings. The standard InChI is InChI=1S/C16H18N2O3S/c1-15(2)16(3,14(20)21)18-12(19)11(13(18)22-15)17-9-10-7-5-4-6-8-10/h4-9,11,13H,1-3H3,(H,20,21)/t11?,13-,16-/m0/s1. The number of benzene rings is 1. The van der Waals surface area contributed by atoms with E-state index in [2.05, 4.69) is 4.99 Å². The first kappa shape index (κ1) is 15.1. The van der Waals surface area contributed by atoms with Gasteiger partial charge >= 0.3 is 5.97 Å². The van der Waals surface area contributed by atoms with E-state index >= 15 is 0 Å². The van der Waals surface area contributed by atoms with Crippen molar-refractivity contribution in [2.45, 2.75) is 42.5 Å². The number of hydrogen-bond acceptors (Lipinski definition) is 4. The average molecular weight is 318 g/mol. The molecule has 0 saturated carbocycles. The summed E-state index contributed by atoms with van der Waals surface area (Å²) in [5, 5.41) is 9.39. The van der Waals surface area contributed by atoms with Crippen molar-refractivity contribution in [3.05, 3.63) is 35.9 Å². The summed E-state index contributed by atoms with van der Waals surface area (Å²) in [7, 11) is 0. The Morgan fingerprint density at radius 3 is 2.55 bits per heavy atom. The highest BCUT2D eigenvalue weighted by atomic mass is 32.2. The van der Waals surface area contributed by atoms with Crippen LogP contribution in [-0.4, -0.2) is 49.8 Å². The van der Waals surface area contributed by atoms with Crippen LogP contribution in [0.3, 0.4) is 0 Å². The van der Waals surface area contributed by atoms with Gasteiger partial charge in [-0.1, -0.05) is 30.3 Å². The van der Waals surface area contributed by atoms with Gasteiger partial charge in [0.25, 0.3) is 5.91 Å². The molecule has 2 heterocycles. The van der Waals surface area contributed by atoms with Gasteiger partial charge in [0.2, 0.25) is 0 Å². The van der Waals surface area contributed by atoms with Gasteiger partial charge in [-0.2, -0.15) is 0 Å². The molecule has 2 aliphatic heterocycles. The van der Waals surface area contributed by atoms with Crippen molar-refractivity contribution in [1.82, 2.24) is 4.90 Å². The summed E-state index contributed by atoms with van der Waals surface area (Å²) >= 11 is 1.51. The Balaban J connectivity index is 1.85. The van der Waals surface area contributed by atoms with Crippen LogP contribution in [0.2, 0.25) is 0 Å². The van der Waals surface area contributed by atoms with E-state index in [1.807, 2.05) is 44.2 Å². The number of carbonyl (C=O) groups excluding carboxylic acids is 1. The molecule has 6 heteroatoms. The summed E-state index contributed by atoms with van der Waals surface area (Å²) < 4.78 is -0.559. The minimum absolute atomic E-state index is 0.205. The normalized spacial score (nSPS) is 32.9. The van der Waals surface area contributed by atoms with E-state index in [0.717, 1.165) is 5.56 Å². The zero-order chi connectivity index (χ0) is 16.1. The highest BCUT2D eigenvalue weighted by molar-refractivity contribution is 8.01. The molecule has 3 atom stereocenters. The van der Waals surface area contributed by atoms with Crippen molar-refractivity contribution < 1.29 is 14.7 Å². The molecule has 1 aromatic rings. The minimum atomic E-state index is -1.20. The number of carboxylic acids is 1.